The summed E-state index contributed by atoms with van der Waals surface area (Å²) in [4.78, 5) is 34.7. The first-order valence-corrected chi connectivity index (χ1v) is 10.2. The van der Waals surface area contributed by atoms with Gasteiger partial charge in [-0.3, -0.25) is 9.59 Å². The molecule has 11 heteroatoms. The first-order chi connectivity index (χ1) is 14.9. The van der Waals surface area contributed by atoms with Crippen LogP contribution < -0.4 is 16.0 Å². The maximum atomic E-state index is 12.8. The number of carbonyl (C=O) groups excluding carboxylic acids is 2. The highest BCUT2D eigenvalue weighted by Crippen LogP contribution is 2.21. The molecule has 3 N–H and O–H groups in total. The molecule has 0 spiro atoms. The molecule has 1 atom stereocenters. The van der Waals surface area contributed by atoms with Gasteiger partial charge in [-0.05, 0) is 37.5 Å². The van der Waals surface area contributed by atoms with Crippen molar-refractivity contribution in [2.24, 2.45) is 5.73 Å². The fourth-order valence-corrected chi connectivity index (χ4v) is 3.53. The van der Waals surface area contributed by atoms with Crippen LogP contribution in [0, 0.1) is 0 Å². The van der Waals surface area contributed by atoms with Gasteiger partial charge in [0, 0.05) is 13.1 Å². The zero-order valence-corrected chi connectivity index (χ0v) is 17.6. The number of nitrogens with zero attached hydrogens (tertiary/aromatic N) is 6. The Morgan fingerprint density at radius 1 is 1.19 bits per heavy atom. The average molecular weight is 441 g/mol. The van der Waals surface area contributed by atoms with Crippen LogP contribution in [0.1, 0.15) is 52.3 Å². The van der Waals surface area contributed by atoms with Crippen molar-refractivity contribution in [2.45, 2.75) is 25.8 Å². The van der Waals surface area contributed by atoms with Gasteiger partial charge < -0.3 is 16.0 Å². The van der Waals surface area contributed by atoms with E-state index >= 15 is 0 Å². The van der Waals surface area contributed by atoms with Gasteiger partial charge in [0.15, 0.2) is 11.4 Å². The average Bonchev–Trinajstić information content (AvgIpc) is 3.46. The molecule has 1 fully saturated rings. The van der Waals surface area contributed by atoms with E-state index in [1.807, 2.05) is 24.0 Å². The van der Waals surface area contributed by atoms with Gasteiger partial charge in [0.2, 0.25) is 5.95 Å². The number of anilines is 1. The van der Waals surface area contributed by atoms with E-state index in [9.17, 15) is 9.59 Å². The molecule has 31 heavy (non-hydrogen) atoms. The second-order valence-electron chi connectivity index (χ2n) is 7.26. The molecule has 1 saturated heterocycles. The minimum Gasteiger partial charge on any atom is -0.364 e. The zero-order chi connectivity index (χ0) is 22.0. The van der Waals surface area contributed by atoms with Crippen molar-refractivity contribution < 1.29 is 9.59 Å². The second-order valence-corrected chi connectivity index (χ2v) is 7.67. The number of primary amides is 1. The van der Waals surface area contributed by atoms with Gasteiger partial charge >= 0.3 is 0 Å². The number of carbonyl (C=O) groups is 2. The topological polar surface area (TPSA) is 132 Å². The van der Waals surface area contributed by atoms with Crippen molar-refractivity contribution >= 4 is 29.4 Å². The third-order valence-corrected chi connectivity index (χ3v) is 5.36. The van der Waals surface area contributed by atoms with Gasteiger partial charge in [-0.2, -0.15) is 0 Å². The number of hydrogen-bond acceptors (Lipinski definition) is 7. The summed E-state index contributed by atoms with van der Waals surface area (Å²) < 4.78 is 1.45. The molecule has 0 saturated carbocycles. The van der Waals surface area contributed by atoms with Crippen LogP contribution in [0.4, 0.5) is 5.95 Å². The molecule has 0 unspecified atom stereocenters. The maximum absolute atomic E-state index is 12.8. The molecule has 1 aliphatic heterocycles. The minimum atomic E-state index is -0.643. The number of hydrogen-bond donors (Lipinski definition) is 2. The summed E-state index contributed by atoms with van der Waals surface area (Å²) in [7, 11) is 0. The van der Waals surface area contributed by atoms with E-state index in [0.717, 1.165) is 31.5 Å². The first kappa shape index (κ1) is 20.7. The van der Waals surface area contributed by atoms with Crippen LogP contribution in [-0.2, 0) is 0 Å². The highest BCUT2D eigenvalue weighted by Gasteiger charge is 2.21. The molecule has 0 radical (unpaired) electrons. The lowest BCUT2D eigenvalue weighted by Crippen LogP contribution is -2.29. The Bertz CT molecular complexity index is 1110. The van der Waals surface area contributed by atoms with Crippen molar-refractivity contribution in [3.8, 4) is 5.69 Å². The Morgan fingerprint density at radius 2 is 1.90 bits per heavy atom. The van der Waals surface area contributed by atoms with E-state index in [4.69, 9.17) is 17.3 Å². The molecule has 1 aromatic carbocycles. The Kier molecular flexibility index (Phi) is 5.81. The van der Waals surface area contributed by atoms with E-state index in [0.29, 0.717) is 11.6 Å². The number of aromatic nitrogens is 5. The number of nitrogens with one attached hydrogen (secondary N) is 1. The number of nitrogens with two attached hydrogens (primary N) is 1. The Labute approximate surface area is 183 Å². The predicted molar refractivity (Wildman–Crippen MR) is 114 cm³/mol. The van der Waals surface area contributed by atoms with E-state index < -0.39 is 5.91 Å². The summed E-state index contributed by atoms with van der Waals surface area (Å²) in [5, 5.41) is 10.7. The highest BCUT2D eigenvalue weighted by molar-refractivity contribution is 6.33. The van der Waals surface area contributed by atoms with Crippen molar-refractivity contribution in [1.29, 1.82) is 0 Å². The van der Waals surface area contributed by atoms with Crippen molar-refractivity contribution in [3.63, 3.8) is 0 Å². The summed E-state index contributed by atoms with van der Waals surface area (Å²) in [6.07, 6.45) is 5.09. The van der Waals surface area contributed by atoms with Crippen LogP contribution in [0.25, 0.3) is 5.69 Å². The molecule has 160 valence electrons. The number of amides is 2. The van der Waals surface area contributed by atoms with Gasteiger partial charge in [-0.1, -0.05) is 28.9 Å². The zero-order valence-electron chi connectivity index (χ0n) is 16.8. The normalized spacial score (nSPS) is 14.5. The van der Waals surface area contributed by atoms with E-state index in [1.54, 1.807) is 12.1 Å². The molecule has 3 aromatic rings. The summed E-state index contributed by atoms with van der Waals surface area (Å²) >= 11 is 6.19. The van der Waals surface area contributed by atoms with E-state index in [1.165, 1.54) is 17.1 Å². The molecule has 1 aliphatic rings. The smallest absolute Gasteiger partial charge is 0.272 e. The summed E-state index contributed by atoms with van der Waals surface area (Å²) in [5.74, 6) is -0.491. The molecule has 2 amide bonds. The monoisotopic (exact) mass is 440 g/mol. The molecule has 4 rings (SSSR count). The van der Waals surface area contributed by atoms with Gasteiger partial charge in [-0.25, -0.2) is 14.6 Å². The lowest BCUT2D eigenvalue weighted by Gasteiger charge is -2.18. The standard InChI is InChI=1S/C20H21ClN8O2/c1-12(13-4-6-14(7-5-13)29-11-16(18(22)30)26-27-29)24-19(31)17-15(21)10-23-20(25-17)28-8-2-3-9-28/h4-7,10-12H,2-3,8-9H2,1H3,(H2,22,30)(H,24,31)/t12-/m1/s1. The SMILES string of the molecule is C[C@@H](NC(=O)c1nc(N2CCCC2)ncc1Cl)c1ccc(-n2cc(C(N)=O)nn2)cc1. The van der Waals surface area contributed by atoms with Crippen molar-refractivity contribution in [2.75, 3.05) is 18.0 Å². The van der Waals surface area contributed by atoms with Crippen LogP contribution in [0.5, 0.6) is 0 Å². The summed E-state index contributed by atoms with van der Waals surface area (Å²) in [6.45, 7) is 3.61. The predicted octanol–water partition coefficient (Wildman–Crippen LogP) is 1.90. The molecule has 0 bridgehead atoms. The number of halogens is 1. The Balaban J connectivity index is 1.46. The fraction of sp³-hybridized carbons (Fsp3) is 0.300. The van der Waals surface area contributed by atoms with Gasteiger partial charge in [0.1, 0.15) is 0 Å². The van der Waals surface area contributed by atoms with Crippen LogP contribution in [-0.4, -0.2) is 49.9 Å². The van der Waals surface area contributed by atoms with E-state index in [2.05, 4.69) is 25.6 Å². The largest absolute Gasteiger partial charge is 0.364 e. The summed E-state index contributed by atoms with van der Waals surface area (Å²) in [6, 6.07) is 7.02. The molecular formula is C20H21ClN8O2. The minimum absolute atomic E-state index is 0.0831. The number of rotatable bonds is 6. The highest BCUT2D eigenvalue weighted by atomic mass is 35.5. The Morgan fingerprint density at radius 3 is 2.55 bits per heavy atom. The Hall–Kier alpha value is -3.53. The second kappa shape index (κ2) is 8.68. The summed E-state index contributed by atoms with van der Waals surface area (Å²) in [5.41, 5.74) is 7.02. The van der Waals surface area contributed by atoms with Crippen LogP contribution in [0.15, 0.2) is 36.7 Å². The van der Waals surface area contributed by atoms with Crippen LogP contribution >= 0.6 is 11.6 Å². The molecule has 2 aromatic heterocycles. The molecule has 0 aliphatic carbocycles. The molecule has 10 nitrogen and oxygen atoms in total. The lowest BCUT2D eigenvalue weighted by molar-refractivity contribution is 0.0934. The first-order valence-electron chi connectivity index (χ1n) is 9.83. The van der Waals surface area contributed by atoms with Crippen molar-refractivity contribution in [3.05, 3.63) is 58.6 Å². The molecular weight excluding hydrogens is 420 g/mol. The van der Waals surface area contributed by atoms with E-state index in [-0.39, 0.29) is 28.4 Å². The van der Waals surface area contributed by atoms with Gasteiger partial charge in [0.05, 0.1) is 29.1 Å². The van der Waals surface area contributed by atoms with Gasteiger partial charge in [-0.15, -0.1) is 5.10 Å². The maximum Gasteiger partial charge on any atom is 0.272 e. The third kappa shape index (κ3) is 4.48. The number of benzene rings is 1. The van der Waals surface area contributed by atoms with Gasteiger partial charge in [0.25, 0.3) is 11.8 Å². The van der Waals surface area contributed by atoms with Crippen molar-refractivity contribution in [1.82, 2.24) is 30.3 Å². The van der Waals surface area contributed by atoms with Crippen LogP contribution in [0.3, 0.4) is 0 Å². The lowest BCUT2D eigenvalue weighted by atomic mass is 10.1. The fourth-order valence-electron chi connectivity index (χ4n) is 3.35. The van der Waals surface area contributed by atoms with Crippen LogP contribution in [0.2, 0.25) is 5.02 Å². The third-order valence-electron chi connectivity index (χ3n) is 5.09. The molecule has 3 heterocycles. The quantitative estimate of drug-likeness (QED) is 0.598.